The molecule has 16 heavy (non-hydrogen) atoms. The van der Waals surface area contributed by atoms with Crippen molar-refractivity contribution in [2.45, 2.75) is 26.9 Å². The highest BCUT2D eigenvalue weighted by molar-refractivity contribution is 5.45. The fourth-order valence-corrected chi connectivity index (χ4v) is 1.73. The van der Waals surface area contributed by atoms with Crippen molar-refractivity contribution in [3.05, 3.63) is 48.0 Å². The lowest BCUT2D eigenvalue weighted by Crippen LogP contribution is -2.07. The van der Waals surface area contributed by atoms with Crippen molar-refractivity contribution in [3.63, 3.8) is 0 Å². The molecule has 0 bridgehead atoms. The van der Waals surface area contributed by atoms with Crippen LogP contribution in [-0.2, 0) is 13.1 Å². The minimum absolute atomic E-state index is 0.768. The lowest BCUT2D eigenvalue weighted by molar-refractivity contribution is 0.708. The van der Waals surface area contributed by atoms with Crippen molar-refractivity contribution in [2.75, 3.05) is 5.32 Å². The Morgan fingerprint density at radius 2 is 2.25 bits per heavy atom. The van der Waals surface area contributed by atoms with E-state index in [9.17, 15) is 0 Å². The fraction of sp³-hybridized carbons (Fsp3) is 0.308. The predicted molar refractivity (Wildman–Crippen MR) is 66.4 cm³/mol. The molecule has 0 atom stereocenters. The molecular weight excluding hydrogens is 198 g/mol. The summed E-state index contributed by atoms with van der Waals surface area (Å²) in [6, 6.07) is 8.37. The van der Waals surface area contributed by atoms with E-state index in [1.807, 2.05) is 12.4 Å². The molecule has 3 heteroatoms. The molecule has 0 aliphatic heterocycles. The van der Waals surface area contributed by atoms with Crippen LogP contribution in [0.2, 0.25) is 0 Å². The van der Waals surface area contributed by atoms with Crippen molar-refractivity contribution in [1.29, 1.82) is 0 Å². The summed E-state index contributed by atoms with van der Waals surface area (Å²) in [6.07, 6.45) is 3.85. The molecule has 2 rings (SSSR count). The number of imidazole rings is 1. The van der Waals surface area contributed by atoms with Crippen molar-refractivity contribution in [3.8, 4) is 0 Å². The Kier molecular flexibility index (Phi) is 3.25. The second-order valence-corrected chi connectivity index (χ2v) is 3.85. The highest BCUT2D eigenvalue weighted by atomic mass is 15.1. The van der Waals surface area contributed by atoms with Gasteiger partial charge >= 0.3 is 0 Å². The first-order valence-corrected chi connectivity index (χ1v) is 5.60. The lowest BCUT2D eigenvalue weighted by Gasteiger charge is -2.08. The molecule has 0 amide bonds. The first-order chi connectivity index (χ1) is 7.79. The number of anilines is 1. The van der Waals surface area contributed by atoms with Crippen LogP contribution >= 0.6 is 0 Å². The molecule has 3 nitrogen and oxygen atoms in total. The van der Waals surface area contributed by atoms with Gasteiger partial charge in [0.25, 0.3) is 0 Å². The molecule has 0 spiro atoms. The summed E-state index contributed by atoms with van der Waals surface area (Å²) in [7, 11) is 0. The van der Waals surface area contributed by atoms with Gasteiger partial charge in [0.15, 0.2) is 0 Å². The van der Waals surface area contributed by atoms with E-state index in [1.54, 1.807) is 0 Å². The van der Waals surface area contributed by atoms with Crippen LogP contribution in [0.25, 0.3) is 0 Å². The third-order valence-corrected chi connectivity index (χ3v) is 2.61. The molecule has 84 valence electrons. The lowest BCUT2D eigenvalue weighted by atomic mass is 10.2. The summed E-state index contributed by atoms with van der Waals surface area (Å²) in [5, 5.41) is 3.38. The van der Waals surface area contributed by atoms with Gasteiger partial charge in [0, 0.05) is 24.6 Å². The third kappa shape index (κ3) is 2.42. The molecule has 0 saturated heterocycles. The highest BCUT2D eigenvalue weighted by Crippen LogP contribution is 2.10. The van der Waals surface area contributed by atoms with Crippen LogP contribution in [-0.4, -0.2) is 9.55 Å². The van der Waals surface area contributed by atoms with Gasteiger partial charge in [0.2, 0.25) is 0 Å². The average molecular weight is 215 g/mol. The zero-order valence-electron chi connectivity index (χ0n) is 9.77. The van der Waals surface area contributed by atoms with Gasteiger partial charge in [0.1, 0.15) is 5.82 Å². The predicted octanol–water partition coefficient (Wildman–Crippen LogP) is 2.82. The van der Waals surface area contributed by atoms with Crippen molar-refractivity contribution in [2.24, 2.45) is 0 Å². The first-order valence-electron chi connectivity index (χ1n) is 5.60. The van der Waals surface area contributed by atoms with Crippen LogP contribution in [0.4, 0.5) is 5.69 Å². The third-order valence-electron chi connectivity index (χ3n) is 2.61. The van der Waals surface area contributed by atoms with Crippen LogP contribution < -0.4 is 5.32 Å². The van der Waals surface area contributed by atoms with Gasteiger partial charge in [-0.15, -0.1) is 0 Å². The summed E-state index contributed by atoms with van der Waals surface area (Å²) >= 11 is 0. The SMILES string of the molecule is CCn1ccnc1CNc1cccc(C)c1. The molecule has 1 heterocycles. The molecule has 0 saturated carbocycles. The molecule has 0 fully saturated rings. The van der Waals surface area contributed by atoms with Gasteiger partial charge in [-0.2, -0.15) is 0 Å². The monoisotopic (exact) mass is 215 g/mol. The molecule has 2 aromatic rings. The largest absolute Gasteiger partial charge is 0.378 e. The zero-order valence-corrected chi connectivity index (χ0v) is 9.77. The summed E-state index contributed by atoms with van der Waals surface area (Å²) < 4.78 is 2.14. The van der Waals surface area contributed by atoms with Gasteiger partial charge < -0.3 is 9.88 Å². The zero-order chi connectivity index (χ0) is 11.4. The van der Waals surface area contributed by atoms with E-state index < -0.39 is 0 Å². The highest BCUT2D eigenvalue weighted by Gasteiger charge is 2.00. The summed E-state index contributed by atoms with van der Waals surface area (Å²) in [5.41, 5.74) is 2.41. The topological polar surface area (TPSA) is 29.9 Å². The van der Waals surface area contributed by atoms with Gasteiger partial charge in [-0.3, -0.25) is 0 Å². The van der Waals surface area contributed by atoms with Crippen molar-refractivity contribution < 1.29 is 0 Å². The normalized spacial score (nSPS) is 10.4. The van der Waals surface area contributed by atoms with Crippen LogP contribution in [0.15, 0.2) is 36.7 Å². The van der Waals surface area contributed by atoms with Crippen LogP contribution in [0.5, 0.6) is 0 Å². The summed E-state index contributed by atoms with van der Waals surface area (Å²) in [5.74, 6) is 1.07. The molecule has 0 aliphatic rings. The van der Waals surface area contributed by atoms with Crippen molar-refractivity contribution >= 4 is 5.69 Å². The van der Waals surface area contributed by atoms with Crippen molar-refractivity contribution in [1.82, 2.24) is 9.55 Å². The number of nitrogens with zero attached hydrogens (tertiary/aromatic N) is 2. The van der Waals surface area contributed by atoms with Crippen LogP contribution in [0, 0.1) is 6.92 Å². The number of hydrogen-bond donors (Lipinski definition) is 1. The summed E-state index contributed by atoms with van der Waals surface area (Å²) in [6.45, 7) is 5.95. The number of aryl methyl sites for hydroxylation is 2. The van der Waals surface area contributed by atoms with E-state index in [4.69, 9.17) is 0 Å². The maximum absolute atomic E-state index is 4.32. The van der Waals surface area contributed by atoms with Crippen LogP contribution in [0.3, 0.4) is 0 Å². The van der Waals surface area contributed by atoms with Gasteiger partial charge in [0.05, 0.1) is 6.54 Å². The van der Waals surface area contributed by atoms with Gasteiger partial charge in [-0.05, 0) is 31.5 Å². The molecule has 0 unspecified atom stereocenters. The Morgan fingerprint density at radius 1 is 1.38 bits per heavy atom. The van der Waals surface area contributed by atoms with E-state index in [1.165, 1.54) is 5.56 Å². The van der Waals surface area contributed by atoms with E-state index >= 15 is 0 Å². The second kappa shape index (κ2) is 4.84. The number of aromatic nitrogens is 2. The van der Waals surface area contributed by atoms with E-state index in [-0.39, 0.29) is 0 Å². The van der Waals surface area contributed by atoms with Crippen LogP contribution in [0.1, 0.15) is 18.3 Å². The smallest absolute Gasteiger partial charge is 0.128 e. The molecule has 0 radical (unpaired) electrons. The quantitative estimate of drug-likeness (QED) is 0.850. The maximum Gasteiger partial charge on any atom is 0.128 e. The maximum atomic E-state index is 4.32. The summed E-state index contributed by atoms with van der Waals surface area (Å²) in [4.78, 5) is 4.32. The standard InChI is InChI=1S/C13H17N3/c1-3-16-8-7-14-13(16)10-15-12-6-4-5-11(2)9-12/h4-9,15H,3,10H2,1-2H3. The number of nitrogens with one attached hydrogen (secondary N) is 1. The van der Waals surface area contributed by atoms with E-state index in [2.05, 4.69) is 53.0 Å². The Bertz CT molecular complexity index is 460. The first kappa shape index (κ1) is 10.7. The molecule has 1 aromatic heterocycles. The number of hydrogen-bond acceptors (Lipinski definition) is 2. The van der Waals surface area contributed by atoms with Gasteiger partial charge in [-0.1, -0.05) is 12.1 Å². The average Bonchev–Trinajstić information content (AvgIpc) is 2.74. The number of rotatable bonds is 4. The van der Waals surface area contributed by atoms with E-state index in [0.29, 0.717) is 0 Å². The Hall–Kier alpha value is -1.77. The second-order valence-electron chi connectivity index (χ2n) is 3.85. The molecule has 1 aromatic carbocycles. The Balaban J connectivity index is 2.02. The number of benzene rings is 1. The minimum Gasteiger partial charge on any atom is -0.378 e. The molecular formula is C13H17N3. The molecule has 0 aliphatic carbocycles. The fourth-order valence-electron chi connectivity index (χ4n) is 1.73. The Labute approximate surface area is 96.1 Å². The Morgan fingerprint density at radius 3 is 3.00 bits per heavy atom. The van der Waals surface area contributed by atoms with E-state index in [0.717, 1.165) is 24.6 Å². The van der Waals surface area contributed by atoms with Gasteiger partial charge in [-0.25, -0.2) is 4.98 Å². The minimum atomic E-state index is 0.768. The molecule has 1 N–H and O–H groups in total.